The average Bonchev–Trinajstić information content (AvgIpc) is 3.40. The monoisotopic (exact) mass is 419 g/mol. The van der Waals surface area contributed by atoms with Gasteiger partial charge in [-0.3, -0.25) is 4.79 Å². The second-order valence-electron chi connectivity index (χ2n) is 7.28. The molecule has 9 heteroatoms. The maximum absolute atomic E-state index is 13.1. The molecule has 0 bridgehead atoms. The third-order valence-corrected chi connectivity index (χ3v) is 7.23. The van der Waals surface area contributed by atoms with E-state index in [2.05, 4.69) is 10.2 Å². The molecule has 0 aliphatic carbocycles. The highest BCUT2D eigenvalue weighted by molar-refractivity contribution is 7.89. The Bertz CT molecular complexity index is 989. The van der Waals surface area contributed by atoms with Crippen molar-refractivity contribution in [1.29, 1.82) is 0 Å². The Hall–Kier alpha value is -2.36. The zero-order valence-electron chi connectivity index (χ0n) is 16.4. The lowest BCUT2D eigenvalue weighted by molar-refractivity contribution is 0.0730. The molecule has 2 saturated heterocycles. The molecule has 1 N–H and O–H groups in total. The highest BCUT2D eigenvalue weighted by Gasteiger charge is 2.28. The van der Waals surface area contributed by atoms with Crippen molar-refractivity contribution in [3.8, 4) is 0 Å². The fraction of sp³-hybridized carbons (Fsp3) is 0.450. The number of nitrogens with zero attached hydrogens (tertiary/aromatic N) is 2. The summed E-state index contributed by atoms with van der Waals surface area (Å²) in [5, 5.41) is 2.86. The van der Waals surface area contributed by atoms with Gasteiger partial charge in [0.15, 0.2) is 5.76 Å². The van der Waals surface area contributed by atoms with Gasteiger partial charge in [-0.2, -0.15) is 4.31 Å². The van der Waals surface area contributed by atoms with Crippen LogP contribution < -0.4 is 10.2 Å². The SMILES string of the molecule is Cc1ccoc1C(=O)Nc1cc(S(=O)(=O)N2CCOCC2)ccc1N1CCCC1. The van der Waals surface area contributed by atoms with Crippen molar-refractivity contribution < 1.29 is 22.4 Å². The minimum atomic E-state index is -3.66. The number of carbonyl (C=O) groups excluding carboxylic acids is 1. The lowest BCUT2D eigenvalue weighted by Gasteiger charge is -2.27. The first-order valence-electron chi connectivity index (χ1n) is 9.79. The third kappa shape index (κ3) is 4.03. The largest absolute Gasteiger partial charge is 0.459 e. The summed E-state index contributed by atoms with van der Waals surface area (Å²) < 4.78 is 38.1. The van der Waals surface area contributed by atoms with Crippen molar-refractivity contribution in [2.24, 2.45) is 0 Å². The molecule has 1 amide bonds. The van der Waals surface area contributed by atoms with E-state index in [0.717, 1.165) is 37.2 Å². The van der Waals surface area contributed by atoms with Crippen LogP contribution in [0.3, 0.4) is 0 Å². The van der Waals surface area contributed by atoms with Crippen LogP contribution in [0, 0.1) is 6.92 Å². The molecule has 0 spiro atoms. The summed E-state index contributed by atoms with van der Waals surface area (Å²) in [6, 6.07) is 6.67. The highest BCUT2D eigenvalue weighted by Crippen LogP contribution is 2.33. The Balaban J connectivity index is 1.69. The molecule has 1 aromatic carbocycles. The molecule has 4 rings (SSSR count). The number of aryl methyl sites for hydroxylation is 1. The lowest BCUT2D eigenvalue weighted by atomic mass is 10.2. The van der Waals surface area contributed by atoms with E-state index in [9.17, 15) is 13.2 Å². The molecular weight excluding hydrogens is 394 g/mol. The molecule has 2 aliphatic rings. The van der Waals surface area contributed by atoms with Gasteiger partial charge in [-0.05, 0) is 44.0 Å². The second-order valence-corrected chi connectivity index (χ2v) is 9.21. The first kappa shape index (κ1) is 19.9. The fourth-order valence-corrected chi connectivity index (χ4v) is 5.16. The highest BCUT2D eigenvalue weighted by atomic mass is 32.2. The van der Waals surface area contributed by atoms with E-state index in [-0.39, 0.29) is 10.7 Å². The number of anilines is 2. The Labute approximate surface area is 170 Å². The summed E-state index contributed by atoms with van der Waals surface area (Å²) in [7, 11) is -3.66. The van der Waals surface area contributed by atoms with Crippen LogP contribution in [0.15, 0.2) is 39.8 Å². The number of rotatable bonds is 5. The molecule has 0 atom stereocenters. The van der Waals surface area contributed by atoms with Gasteiger partial charge in [0.1, 0.15) is 0 Å². The number of benzene rings is 1. The average molecular weight is 420 g/mol. The van der Waals surface area contributed by atoms with Gasteiger partial charge in [-0.15, -0.1) is 0 Å². The van der Waals surface area contributed by atoms with Gasteiger partial charge in [0, 0.05) is 31.7 Å². The van der Waals surface area contributed by atoms with Crippen LogP contribution in [0.2, 0.25) is 0 Å². The van der Waals surface area contributed by atoms with Crippen LogP contribution in [0.4, 0.5) is 11.4 Å². The number of ether oxygens (including phenoxy) is 1. The van der Waals surface area contributed by atoms with Gasteiger partial charge in [-0.25, -0.2) is 8.42 Å². The van der Waals surface area contributed by atoms with Gasteiger partial charge < -0.3 is 19.4 Å². The van der Waals surface area contributed by atoms with Crippen molar-refractivity contribution in [3.63, 3.8) is 0 Å². The van der Waals surface area contributed by atoms with E-state index in [1.54, 1.807) is 31.2 Å². The first-order chi connectivity index (χ1) is 14.0. The summed E-state index contributed by atoms with van der Waals surface area (Å²) in [6.45, 7) is 4.95. The zero-order chi connectivity index (χ0) is 20.4. The van der Waals surface area contributed by atoms with Crippen LogP contribution in [0.25, 0.3) is 0 Å². The van der Waals surface area contributed by atoms with Crippen LogP contribution in [-0.4, -0.2) is 58.0 Å². The molecule has 2 aromatic rings. The third-order valence-electron chi connectivity index (χ3n) is 5.34. The van der Waals surface area contributed by atoms with Crippen LogP contribution in [0.5, 0.6) is 0 Å². The number of amides is 1. The van der Waals surface area contributed by atoms with E-state index in [1.165, 1.54) is 10.6 Å². The van der Waals surface area contributed by atoms with Crippen molar-refractivity contribution in [2.75, 3.05) is 49.6 Å². The predicted octanol–water partition coefficient (Wildman–Crippen LogP) is 2.46. The normalized spacial score (nSPS) is 18.2. The molecule has 29 heavy (non-hydrogen) atoms. The molecule has 3 heterocycles. The molecule has 0 radical (unpaired) electrons. The molecule has 1 aromatic heterocycles. The fourth-order valence-electron chi connectivity index (χ4n) is 3.73. The van der Waals surface area contributed by atoms with E-state index in [1.807, 2.05) is 0 Å². The van der Waals surface area contributed by atoms with Gasteiger partial charge >= 0.3 is 0 Å². The summed E-state index contributed by atoms with van der Waals surface area (Å²) >= 11 is 0. The molecule has 156 valence electrons. The van der Waals surface area contributed by atoms with E-state index in [4.69, 9.17) is 9.15 Å². The van der Waals surface area contributed by atoms with Crippen molar-refractivity contribution in [2.45, 2.75) is 24.7 Å². The van der Waals surface area contributed by atoms with Gasteiger partial charge in [-0.1, -0.05) is 0 Å². The Morgan fingerprint density at radius 3 is 2.45 bits per heavy atom. The number of furan rings is 1. The van der Waals surface area contributed by atoms with Crippen LogP contribution in [-0.2, 0) is 14.8 Å². The predicted molar refractivity (Wildman–Crippen MR) is 109 cm³/mol. The quantitative estimate of drug-likeness (QED) is 0.800. The van der Waals surface area contributed by atoms with E-state index < -0.39 is 15.9 Å². The molecule has 8 nitrogen and oxygen atoms in total. The van der Waals surface area contributed by atoms with Crippen molar-refractivity contribution in [3.05, 3.63) is 41.9 Å². The minimum Gasteiger partial charge on any atom is -0.459 e. The maximum atomic E-state index is 13.1. The van der Waals surface area contributed by atoms with E-state index >= 15 is 0 Å². The smallest absolute Gasteiger partial charge is 0.291 e. The Kier molecular flexibility index (Phi) is 5.62. The Morgan fingerprint density at radius 2 is 1.79 bits per heavy atom. The lowest BCUT2D eigenvalue weighted by Crippen LogP contribution is -2.40. The zero-order valence-corrected chi connectivity index (χ0v) is 17.2. The van der Waals surface area contributed by atoms with Gasteiger partial charge in [0.05, 0.1) is 35.7 Å². The Morgan fingerprint density at radius 1 is 1.07 bits per heavy atom. The summed E-state index contributed by atoms with van der Waals surface area (Å²) in [6.07, 6.45) is 3.60. The number of morpholine rings is 1. The van der Waals surface area contributed by atoms with Crippen molar-refractivity contribution >= 4 is 27.3 Å². The van der Waals surface area contributed by atoms with Crippen LogP contribution in [0.1, 0.15) is 29.0 Å². The number of sulfonamides is 1. The molecule has 0 unspecified atom stereocenters. The number of carbonyl (C=O) groups is 1. The number of hydrogen-bond donors (Lipinski definition) is 1. The molecule has 0 saturated carbocycles. The minimum absolute atomic E-state index is 0.161. The van der Waals surface area contributed by atoms with Gasteiger partial charge in [0.2, 0.25) is 10.0 Å². The van der Waals surface area contributed by atoms with Crippen molar-refractivity contribution in [1.82, 2.24) is 4.31 Å². The molecular formula is C20H25N3O5S. The maximum Gasteiger partial charge on any atom is 0.291 e. The number of hydrogen-bond acceptors (Lipinski definition) is 6. The van der Waals surface area contributed by atoms with Crippen LogP contribution >= 0.6 is 0 Å². The second kappa shape index (κ2) is 8.17. The first-order valence-corrected chi connectivity index (χ1v) is 11.2. The molecule has 2 aliphatic heterocycles. The summed E-state index contributed by atoms with van der Waals surface area (Å²) in [5.41, 5.74) is 2.02. The van der Waals surface area contributed by atoms with E-state index in [0.29, 0.717) is 32.0 Å². The van der Waals surface area contributed by atoms with Gasteiger partial charge in [0.25, 0.3) is 5.91 Å². The summed E-state index contributed by atoms with van der Waals surface area (Å²) in [5.74, 6) is -0.173. The topological polar surface area (TPSA) is 92.1 Å². The standard InChI is InChI=1S/C20H25N3O5S/c1-15-6-11-28-19(15)20(24)21-17-14-16(4-5-18(17)22-7-2-3-8-22)29(25,26)23-9-12-27-13-10-23/h4-6,11,14H,2-3,7-10,12-13H2,1H3,(H,21,24). The molecule has 2 fully saturated rings. The number of nitrogens with one attached hydrogen (secondary N) is 1. The summed E-state index contributed by atoms with van der Waals surface area (Å²) in [4.78, 5) is 15.0.